The Labute approximate surface area is 124 Å². The largest absolute Gasteiger partial charge is 0.423 e. The van der Waals surface area contributed by atoms with Crippen LogP contribution in [0.3, 0.4) is 0 Å². The molecule has 0 fully saturated rings. The molecule has 0 amide bonds. The minimum Gasteiger partial charge on any atom is -0.423 e. The number of ketones is 1. The van der Waals surface area contributed by atoms with Crippen LogP contribution in [0, 0.1) is 13.8 Å². The summed E-state index contributed by atoms with van der Waals surface area (Å²) in [5.74, 6) is 0.112. The molecule has 0 spiro atoms. The van der Waals surface area contributed by atoms with Crippen LogP contribution in [0.1, 0.15) is 45.2 Å². The molecule has 0 saturated carbocycles. The van der Waals surface area contributed by atoms with Gasteiger partial charge in [-0.25, -0.2) is 4.79 Å². The maximum atomic E-state index is 12.1. The van der Waals surface area contributed by atoms with Crippen LogP contribution in [-0.4, -0.2) is 11.8 Å². The fraction of sp³-hybridized carbons (Fsp3) is 0.222. The van der Waals surface area contributed by atoms with Crippen molar-refractivity contribution in [3.63, 3.8) is 0 Å². The third-order valence-electron chi connectivity index (χ3n) is 3.45. The maximum Gasteiger partial charge on any atom is 0.343 e. The average Bonchev–Trinajstić information content (AvgIpc) is 2.50. The van der Waals surface area contributed by atoms with Crippen molar-refractivity contribution in [2.75, 3.05) is 0 Å². The lowest BCUT2D eigenvalue weighted by molar-refractivity contribution is 0.0734. The molecule has 0 heterocycles. The molecule has 0 aromatic heterocycles. The number of hydrogen-bond acceptors (Lipinski definition) is 3. The van der Waals surface area contributed by atoms with Gasteiger partial charge in [0.25, 0.3) is 0 Å². The lowest BCUT2D eigenvalue weighted by atomic mass is 10.1. The van der Waals surface area contributed by atoms with Crippen LogP contribution < -0.4 is 4.74 Å². The fourth-order valence-electron chi connectivity index (χ4n) is 1.95. The minimum atomic E-state index is -0.396. The Morgan fingerprint density at radius 3 is 2.10 bits per heavy atom. The van der Waals surface area contributed by atoms with E-state index in [0.29, 0.717) is 23.3 Å². The van der Waals surface area contributed by atoms with Crippen molar-refractivity contribution in [1.82, 2.24) is 0 Å². The van der Waals surface area contributed by atoms with Gasteiger partial charge in [-0.15, -0.1) is 0 Å². The predicted molar refractivity (Wildman–Crippen MR) is 81.9 cm³/mol. The number of Topliss-reactive ketones (excluding diaryl/α,β-unsaturated/α-hetero) is 1. The number of carbonyl (C=O) groups is 2. The number of carbonyl (C=O) groups excluding carboxylic acids is 2. The molecule has 0 bridgehead atoms. The van der Waals surface area contributed by atoms with Gasteiger partial charge in [0, 0.05) is 12.0 Å². The van der Waals surface area contributed by atoms with Crippen molar-refractivity contribution in [2.45, 2.75) is 27.2 Å². The quantitative estimate of drug-likeness (QED) is 0.481. The molecule has 0 radical (unpaired) electrons. The van der Waals surface area contributed by atoms with Crippen molar-refractivity contribution in [2.24, 2.45) is 0 Å². The molecule has 2 aromatic rings. The Morgan fingerprint density at radius 1 is 0.905 bits per heavy atom. The summed E-state index contributed by atoms with van der Waals surface area (Å²) in [4.78, 5) is 23.6. The third-order valence-corrected chi connectivity index (χ3v) is 3.45. The van der Waals surface area contributed by atoms with E-state index in [1.54, 1.807) is 30.3 Å². The second-order valence-corrected chi connectivity index (χ2v) is 4.99. The lowest BCUT2D eigenvalue weighted by Gasteiger charge is -2.07. The summed E-state index contributed by atoms with van der Waals surface area (Å²) in [6, 6.07) is 12.1. The highest BCUT2D eigenvalue weighted by atomic mass is 16.5. The van der Waals surface area contributed by atoms with Crippen LogP contribution in [0.4, 0.5) is 0 Å². The average molecular weight is 282 g/mol. The Hall–Kier alpha value is -2.42. The Bertz CT molecular complexity index is 669. The normalized spacial score (nSPS) is 10.2. The topological polar surface area (TPSA) is 43.4 Å². The van der Waals surface area contributed by atoms with Gasteiger partial charge >= 0.3 is 5.97 Å². The zero-order valence-electron chi connectivity index (χ0n) is 12.5. The summed E-state index contributed by atoms with van der Waals surface area (Å²) in [5.41, 5.74) is 3.33. The molecule has 108 valence electrons. The van der Waals surface area contributed by atoms with Gasteiger partial charge in [-0.05, 0) is 61.4 Å². The number of ether oxygens (including phenoxy) is 1. The summed E-state index contributed by atoms with van der Waals surface area (Å²) in [6.45, 7) is 5.77. The maximum absolute atomic E-state index is 12.1. The summed E-state index contributed by atoms with van der Waals surface area (Å²) >= 11 is 0. The molecule has 0 saturated heterocycles. The molecule has 21 heavy (non-hydrogen) atoms. The van der Waals surface area contributed by atoms with Crippen LogP contribution in [0.2, 0.25) is 0 Å². The van der Waals surface area contributed by atoms with E-state index in [-0.39, 0.29) is 5.78 Å². The monoisotopic (exact) mass is 282 g/mol. The Balaban J connectivity index is 2.12. The number of rotatable bonds is 4. The molecule has 2 rings (SSSR count). The van der Waals surface area contributed by atoms with E-state index >= 15 is 0 Å². The van der Waals surface area contributed by atoms with E-state index in [1.165, 1.54) is 0 Å². The van der Waals surface area contributed by atoms with Gasteiger partial charge in [-0.1, -0.05) is 13.0 Å². The van der Waals surface area contributed by atoms with Crippen LogP contribution in [-0.2, 0) is 0 Å². The van der Waals surface area contributed by atoms with Gasteiger partial charge in [0.15, 0.2) is 5.78 Å². The van der Waals surface area contributed by atoms with Crippen molar-refractivity contribution < 1.29 is 14.3 Å². The molecule has 0 unspecified atom stereocenters. The molecule has 3 nitrogen and oxygen atoms in total. The highest BCUT2D eigenvalue weighted by Crippen LogP contribution is 2.16. The summed E-state index contributed by atoms with van der Waals surface area (Å²) in [6.07, 6.45) is 0.460. The third kappa shape index (κ3) is 3.57. The number of hydrogen-bond donors (Lipinski definition) is 0. The molecule has 0 atom stereocenters. The smallest absolute Gasteiger partial charge is 0.343 e. The minimum absolute atomic E-state index is 0.0713. The summed E-state index contributed by atoms with van der Waals surface area (Å²) in [5, 5.41) is 0. The van der Waals surface area contributed by atoms with E-state index in [0.717, 1.165) is 11.1 Å². The number of esters is 1. The van der Waals surface area contributed by atoms with Gasteiger partial charge < -0.3 is 4.74 Å². The first kappa shape index (κ1) is 15.0. The number of benzene rings is 2. The second-order valence-electron chi connectivity index (χ2n) is 4.99. The van der Waals surface area contributed by atoms with Crippen molar-refractivity contribution >= 4 is 11.8 Å². The van der Waals surface area contributed by atoms with Gasteiger partial charge in [0.2, 0.25) is 0 Å². The van der Waals surface area contributed by atoms with E-state index in [4.69, 9.17) is 4.74 Å². The first-order valence-corrected chi connectivity index (χ1v) is 6.94. The molecule has 0 aliphatic carbocycles. The van der Waals surface area contributed by atoms with Crippen LogP contribution in [0.5, 0.6) is 5.75 Å². The van der Waals surface area contributed by atoms with Crippen LogP contribution in [0.15, 0.2) is 42.5 Å². The molecule has 0 aliphatic heterocycles. The molecule has 3 heteroatoms. The van der Waals surface area contributed by atoms with Crippen LogP contribution >= 0.6 is 0 Å². The van der Waals surface area contributed by atoms with E-state index in [9.17, 15) is 9.59 Å². The predicted octanol–water partition coefficient (Wildman–Crippen LogP) is 4.12. The zero-order valence-corrected chi connectivity index (χ0v) is 12.5. The molecule has 0 N–H and O–H groups in total. The molecule has 2 aromatic carbocycles. The number of aryl methyl sites for hydroxylation is 2. The fourth-order valence-corrected chi connectivity index (χ4v) is 1.95. The standard InChI is InChI=1S/C18H18O3/c1-4-17(19)14-7-9-16(10-8-14)21-18(20)15-6-5-12(2)13(3)11-15/h5-11H,4H2,1-3H3. The zero-order chi connectivity index (χ0) is 15.4. The van der Waals surface area contributed by atoms with E-state index in [2.05, 4.69) is 0 Å². The Kier molecular flexibility index (Phi) is 4.53. The molecular formula is C18H18O3. The van der Waals surface area contributed by atoms with Gasteiger partial charge in [-0.3, -0.25) is 4.79 Å². The highest BCUT2D eigenvalue weighted by Gasteiger charge is 2.10. The summed E-state index contributed by atoms with van der Waals surface area (Å²) in [7, 11) is 0. The van der Waals surface area contributed by atoms with Gasteiger partial charge in [0.05, 0.1) is 5.56 Å². The highest BCUT2D eigenvalue weighted by molar-refractivity contribution is 5.96. The van der Waals surface area contributed by atoms with Crippen molar-refractivity contribution in [1.29, 1.82) is 0 Å². The Morgan fingerprint density at radius 2 is 1.52 bits per heavy atom. The van der Waals surface area contributed by atoms with Gasteiger partial charge in [0.1, 0.15) is 5.75 Å². The van der Waals surface area contributed by atoms with Gasteiger partial charge in [-0.2, -0.15) is 0 Å². The van der Waals surface area contributed by atoms with Crippen LogP contribution in [0.25, 0.3) is 0 Å². The van der Waals surface area contributed by atoms with Crippen molar-refractivity contribution in [3.8, 4) is 5.75 Å². The molecular weight excluding hydrogens is 264 g/mol. The van der Waals surface area contributed by atoms with E-state index in [1.807, 2.05) is 32.9 Å². The summed E-state index contributed by atoms with van der Waals surface area (Å²) < 4.78 is 5.31. The first-order chi connectivity index (χ1) is 10.0. The SMILES string of the molecule is CCC(=O)c1ccc(OC(=O)c2ccc(C)c(C)c2)cc1. The first-order valence-electron chi connectivity index (χ1n) is 6.94. The lowest BCUT2D eigenvalue weighted by Crippen LogP contribution is -2.09. The van der Waals surface area contributed by atoms with E-state index < -0.39 is 5.97 Å². The second kappa shape index (κ2) is 6.35. The molecule has 0 aliphatic rings. The van der Waals surface area contributed by atoms with Crippen molar-refractivity contribution in [3.05, 3.63) is 64.7 Å².